The number of nitrogens with zero attached hydrogens (tertiary/aromatic N) is 4. The first-order valence-corrected chi connectivity index (χ1v) is 14.4. The van der Waals surface area contributed by atoms with Crippen molar-refractivity contribution in [1.29, 1.82) is 0 Å². The minimum Gasteiger partial charge on any atom is -0.496 e. The van der Waals surface area contributed by atoms with Gasteiger partial charge in [0.25, 0.3) is 5.56 Å². The second-order valence-electron chi connectivity index (χ2n) is 9.00. The van der Waals surface area contributed by atoms with Crippen LogP contribution in [0.3, 0.4) is 0 Å². The van der Waals surface area contributed by atoms with Gasteiger partial charge in [-0.25, -0.2) is 19.8 Å². The molecule has 0 spiro atoms. The summed E-state index contributed by atoms with van der Waals surface area (Å²) in [5.74, 6) is 0.517. The number of rotatable bonds is 7. The van der Waals surface area contributed by atoms with Crippen LogP contribution in [0.1, 0.15) is 31.2 Å². The Morgan fingerprint density at radius 2 is 1.93 bits per heavy atom. The lowest BCUT2D eigenvalue weighted by atomic mass is 9.90. The van der Waals surface area contributed by atoms with E-state index < -0.39 is 12.0 Å². The van der Waals surface area contributed by atoms with Crippen LogP contribution in [0.4, 0.5) is 0 Å². The summed E-state index contributed by atoms with van der Waals surface area (Å²) in [5, 5.41) is 2.96. The lowest BCUT2D eigenvalue weighted by molar-refractivity contribution is -0.139. The number of hydrogen-bond acceptors (Lipinski definition) is 10. The van der Waals surface area contributed by atoms with Crippen LogP contribution in [-0.4, -0.2) is 34.2 Å². The molecule has 1 atom stereocenters. The highest BCUT2D eigenvalue weighted by molar-refractivity contribution is 7.99. The molecule has 0 aliphatic carbocycles. The molecule has 1 aliphatic rings. The van der Waals surface area contributed by atoms with Gasteiger partial charge < -0.3 is 13.9 Å². The molecule has 0 radical (unpaired) electrons. The van der Waals surface area contributed by atoms with Gasteiger partial charge in [-0.15, -0.1) is 0 Å². The zero-order valence-corrected chi connectivity index (χ0v) is 24.0. The normalized spacial score (nSPS) is 15.1. The number of thiazole rings is 1. The molecule has 11 heteroatoms. The molecule has 3 aromatic heterocycles. The molecule has 6 rings (SSSR count). The second-order valence-corrected chi connectivity index (χ2v) is 11.0. The third kappa shape index (κ3) is 4.98. The van der Waals surface area contributed by atoms with E-state index in [1.54, 1.807) is 62.2 Å². The van der Waals surface area contributed by atoms with Gasteiger partial charge in [0, 0.05) is 24.0 Å². The summed E-state index contributed by atoms with van der Waals surface area (Å²) in [4.78, 5) is 41.0. The average molecular weight is 585 g/mol. The standard InChI is InChI=1S/C30H24N4O5S2/c1-4-38-28(36)24-17(2)33-30-34(26(24)25-20-9-6-5-8-18(20)10-12-21(25)37-3)27(35)22(40-30)16-19-11-13-23(39-19)41-29-31-14-7-15-32-29/h5-16,26H,4H2,1-3H3/b22-16-. The van der Waals surface area contributed by atoms with Crippen molar-refractivity contribution in [2.24, 2.45) is 4.99 Å². The van der Waals surface area contributed by atoms with Crippen LogP contribution in [0.25, 0.3) is 16.8 Å². The van der Waals surface area contributed by atoms with Gasteiger partial charge in [-0.05, 0) is 60.6 Å². The highest BCUT2D eigenvalue weighted by Gasteiger charge is 2.36. The van der Waals surface area contributed by atoms with Crippen molar-refractivity contribution in [2.45, 2.75) is 30.1 Å². The Labute approximate surface area is 242 Å². The van der Waals surface area contributed by atoms with Crippen molar-refractivity contribution in [3.05, 3.63) is 109 Å². The average Bonchev–Trinajstić information content (AvgIpc) is 3.55. The Balaban J connectivity index is 1.53. The first-order valence-electron chi connectivity index (χ1n) is 12.8. The lowest BCUT2D eigenvalue weighted by Crippen LogP contribution is -2.40. The number of furan rings is 1. The van der Waals surface area contributed by atoms with Crippen molar-refractivity contribution >= 4 is 45.9 Å². The lowest BCUT2D eigenvalue weighted by Gasteiger charge is -2.27. The predicted molar refractivity (Wildman–Crippen MR) is 156 cm³/mol. The molecule has 1 aliphatic heterocycles. The minimum atomic E-state index is -0.813. The Kier molecular flexibility index (Phi) is 7.29. The largest absolute Gasteiger partial charge is 0.496 e. The Morgan fingerprint density at radius 1 is 1.12 bits per heavy atom. The van der Waals surface area contributed by atoms with E-state index in [0.29, 0.717) is 47.9 Å². The summed E-state index contributed by atoms with van der Waals surface area (Å²) < 4.78 is 19.1. The second kappa shape index (κ2) is 11.2. The number of benzene rings is 2. The quantitative estimate of drug-likeness (QED) is 0.203. The zero-order chi connectivity index (χ0) is 28.5. The van der Waals surface area contributed by atoms with Crippen LogP contribution in [0, 0.1) is 0 Å². The monoisotopic (exact) mass is 584 g/mol. The maximum Gasteiger partial charge on any atom is 0.338 e. The maximum atomic E-state index is 14.1. The van der Waals surface area contributed by atoms with Crippen LogP contribution in [-0.2, 0) is 9.53 Å². The zero-order valence-electron chi connectivity index (χ0n) is 22.4. The third-order valence-corrected chi connectivity index (χ3v) is 8.35. The fourth-order valence-electron chi connectivity index (χ4n) is 4.82. The number of allylic oxidation sites excluding steroid dienone is 1. The first-order chi connectivity index (χ1) is 20.0. The van der Waals surface area contributed by atoms with E-state index in [0.717, 1.165) is 10.8 Å². The van der Waals surface area contributed by atoms with Gasteiger partial charge in [-0.2, -0.15) is 0 Å². The van der Waals surface area contributed by atoms with Gasteiger partial charge in [0.2, 0.25) is 0 Å². The molecule has 0 saturated heterocycles. The molecule has 0 saturated carbocycles. The van der Waals surface area contributed by atoms with Crippen molar-refractivity contribution in [3.63, 3.8) is 0 Å². The molecule has 9 nitrogen and oxygen atoms in total. The van der Waals surface area contributed by atoms with Crippen LogP contribution < -0.4 is 19.6 Å². The number of hydrogen-bond donors (Lipinski definition) is 0. The first kappa shape index (κ1) is 26.7. The molecule has 41 heavy (non-hydrogen) atoms. The Morgan fingerprint density at radius 3 is 2.71 bits per heavy atom. The summed E-state index contributed by atoms with van der Waals surface area (Å²) in [6, 6.07) is 16.1. The van der Waals surface area contributed by atoms with Gasteiger partial charge in [0.1, 0.15) is 17.6 Å². The smallest absolute Gasteiger partial charge is 0.338 e. The molecular formula is C30H24N4O5S2. The number of fused-ring (bicyclic) bond motifs is 2. The van der Waals surface area contributed by atoms with Gasteiger partial charge in [0.15, 0.2) is 15.1 Å². The summed E-state index contributed by atoms with van der Waals surface area (Å²) in [6.07, 6.45) is 5.00. The number of ether oxygens (including phenoxy) is 2. The fraction of sp³-hybridized carbons (Fsp3) is 0.167. The Bertz CT molecular complexity index is 1990. The van der Waals surface area contributed by atoms with E-state index in [4.69, 9.17) is 13.9 Å². The topological polar surface area (TPSA) is 109 Å². The Hall–Kier alpha value is -4.48. The summed E-state index contributed by atoms with van der Waals surface area (Å²) in [5.41, 5.74) is 1.16. The molecule has 5 aromatic rings. The molecular weight excluding hydrogens is 560 g/mol. The number of methoxy groups -OCH3 is 1. The minimum absolute atomic E-state index is 0.187. The fourth-order valence-corrected chi connectivity index (χ4v) is 6.53. The molecule has 0 fully saturated rings. The van der Waals surface area contributed by atoms with E-state index >= 15 is 0 Å². The van der Waals surface area contributed by atoms with Crippen LogP contribution in [0.2, 0.25) is 0 Å². The van der Waals surface area contributed by atoms with Crippen molar-refractivity contribution in [3.8, 4) is 5.75 Å². The van der Waals surface area contributed by atoms with Crippen LogP contribution in [0.5, 0.6) is 5.75 Å². The summed E-state index contributed by atoms with van der Waals surface area (Å²) in [7, 11) is 1.57. The van der Waals surface area contributed by atoms with Gasteiger partial charge in [-0.3, -0.25) is 9.36 Å². The summed E-state index contributed by atoms with van der Waals surface area (Å²) >= 11 is 2.51. The van der Waals surface area contributed by atoms with Crippen LogP contribution in [0.15, 0.2) is 103 Å². The van der Waals surface area contributed by atoms with Crippen molar-refractivity contribution in [1.82, 2.24) is 14.5 Å². The van der Waals surface area contributed by atoms with E-state index in [-0.39, 0.29) is 12.2 Å². The van der Waals surface area contributed by atoms with E-state index in [2.05, 4.69) is 15.0 Å². The van der Waals surface area contributed by atoms with Crippen LogP contribution >= 0.6 is 23.1 Å². The molecule has 4 heterocycles. The number of carbonyl (C=O) groups excluding carboxylic acids is 1. The molecule has 1 unspecified atom stereocenters. The summed E-state index contributed by atoms with van der Waals surface area (Å²) in [6.45, 7) is 3.69. The third-order valence-electron chi connectivity index (χ3n) is 6.55. The molecule has 206 valence electrons. The molecule has 2 aromatic carbocycles. The molecule has 0 amide bonds. The predicted octanol–water partition coefficient (Wildman–Crippen LogP) is 4.49. The number of aromatic nitrogens is 3. The maximum absolute atomic E-state index is 14.1. The van der Waals surface area contributed by atoms with Gasteiger partial charge in [0.05, 0.1) is 29.5 Å². The van der Waals surface area contributed by atoms with E-state index in [1.807, 2.05) is 36.4 Å². The number of carbonyl (C=O) groups is 1. The molecule has 0 bridgehead atoms. The SMILES string of the molecule is CCOC(=O)C1=C(C)N=c2s/c(=C\c3ccc(Sc4ncccn4)o3)c(=O)n2C1c1c(OC)ccc2ccccc12. The van der Waals surface area contributed by atoms with E-state index in [1.165, 1.54) is 23.1 Å². The highest BCUT2D eigenvalue weighted by Crippen LogP contribution is 2.40. The van der Waals surface area contributed by atoms with Gasteiger partial charge >= 0.3 is 5.97 Å². The molecule has 0 N–H and O–H groups in total. The number of esters is 1. The van der Waals surface area contributed by atoms with Crippen molar-refractivity contribution in [2.75, 3.05) is 13.7 Å². The highest BCUT2D eigenvalue weighted by atomic mass is 32.2. The van der Waals surface area contributed by atoms with Crippen molar-refractivity contribution < 1.29 is 18.7 Å². The van der Waals surface area contributed by atoms with Gasteiger partial charge in [-0.1, -0.05) is 41.7 Å². The van der Waals surface area contributed by atoms with E-state index in [9.17, 15) is 9.59 Å².